The summed E-state index contributed by atoms with van der Waals surface area (Å²) in [5, 5.41) is 2.73. The quantitative estimate of drug-likeness (QED) is 0.825. The van der Waals surface area contributed by atoms with Gasteiger partial charge in [-0.15, -0.1) is 0 Å². The van der Waals surface area contributed by atoms with E-state index in [0.29, 0.717) is 19.6 Å². The third-order valence-corrected chi connectivity index (χ3v) is 3.28. The lowest BCUT2D eigenvalue weighted by Gasteiger charge is -2.10. The summed E-state index contributed by atoms with van der Waals surface area (Å²) in [5.74, 6) is -0.756. The molecule has 2 rings (SSSR count). The van der Waals surface area contributed by atoms with Gasteiger partial charge in [0, 0.05) is 13.2 Å². The van der Waals surface area contributed by atoms with Crippen molar-refractivity contribution in [3.63, 3.8) is 0 Å². The Morgan fingerprint density at radius 1 is 1.40 bits per heavy atom. The number of aryl methyl sites for hydroxylation is 1. The summed E-state index contributed by atoms with van der Waals surface area (Å²) in [6.07, 6.45) is 1.03. The van der Waals surface area contributed by atoms with Crippen molar-refractivity contribution in [3.8, 4) is 0 Å². The van der Waals surface area contributed by atoms with Crippen molar-refractivity contribution in [1.29, 1.82) is 0 Å². The van der Waals surface area contributed by atoms with E-state index in [1.165, 1.54) is 0 Å². The predicted molar refractivity (Wildman–Crippen MR) is 73.0 cm³/mol. The Morgan fingerprint density at radius 3 is 2.90 bits per heavy atom. The van der Waals surface area contributed by atoms with E-state index < -0.39 is 12.1 Å². The van der Waals surface area contributed by atoms with Crippen LogP contribution in [0.3, 0.4) is 0 Å². The molecule has 20 heavy (non-hydrogen) atoms. The summed E-state index contributed by atoms with van der Waals surface area (Å²) in [5.41, 5.74) is 2.16. The number of esters is 1. The van der Waals surface area contributed by atoms with Gasteiger partial charge in [-0.1, -0.05) is 24.3 Å². The Kier molecular flexibility index (Phi) is 5.12. The van der Waals surface area contributed by atoms with Crippen LogP contribution in [0.2, 0.25) is 0 Å². The summed E-state index contributed by atoms with van der Waals surface area (Å²) in [6.45, 7) is 2.74. The molecule has 1 N–H and O–H groups in total. The third-order valence-electron chi connectivity index (χ3n) is 3.28. The van der Waals surface area contributed by atoms with Crippen molar-refractivity contribution in [3.05, 3.63) is 35.4 Å². The van der Waals surface area contributed by atoms with E-state index in [1.54, 1.807) is 0 Å². The molecule has 5 heteroatoms. The topological polar surface area (TPSA) is 64.6 Å². The number of benzene rings is 1. The molecule has 1 atom stereocenters. The minimum absolute atomic E-state index is 0.259. The van der Waals surface area contributed by atoms with Crippen molar-refractivity contribution >= 4 is 11.9 Å². The molecule has 1 aliphatic rings. The van der Waals surface area contributed by atoms with E-state index in [1.807, 2.05) is 31.2 Å². The zero-order valence-corrected chi connectivity index (χ0v) is 11.6. The zero-order chi connectivity index (χ0) is 14.4. The molecular formula is C15H19NO4. The highest BCUT2D eigenvalue weighted by molar-refractivity contribution is 5.82. The lowest BCUT2D eigenvalue weighted by Crippen LogP contribution is -2.31. The van der Waals surface area contributed by atoms with Crippen molar-refractivity contribution in [2.24, 2.45) is 0 Å². The molecule has 1 aliphatic heterocycles. The van der Waals surface area contributed by atoms with E-state index in [2.05, 4.69) is 5.32 Å². The molecule has 1 aromatic rings. The van der Waals surface area contributed by atoms with Gasteiger partial charge in [0.05, 0.1) is 0 Å². The maximum Gasteiger partial charge on any atom is 0.335 e. The normalized spacial score (nSPS) is 17.8. The fourth-order valence-corrected chi connectivity index (χ4v) is 2.05. The number of carbonyl (C=O) groups excluding carboxylic acids is 2. The maximum atomic E-state index is 11.6. The molecule has 0 saturated carbocycles. The number of hydrogen-bond donors (Lipinski definition) is 1. The average molecular weight is 277 g/mol. The van der Waals surface area contributed by atoms with Crippen LogP contribution >= 0.6 is 0 Å². The number of rotatable bonds is 5. The first-order chi connectivity index (χ1) is 9.66. The molecule has 5 nitrogen and oxygen atoms in total. The first kappa shape index (κ1) is 14.5. The van der Waals surface area contributed by atoms with E-state index in [4.69, 9.17) is 9.47 Å². The van der Waals surface area contributed by atoms with Gasteiger partial charge < -0.3 is 14.8 Å². The van der Waals surface area contributed by atoms with Crippen LogP contribution in [0.25, 0.3) is 0 Å². The van der Waals surface area contributed by atoms with Crippen LogP contribution in [0.4, 0.5) is 0 Å². The molecule has 0 aliphatic carbocycles. The second-order valence-corrected chi connectivity index (χ2v) is 4.81. The van der Waals surface area contributed by atoms with E-state index in [0.717, 1.165) is 17.5 Å². The van der Waals surface area contributed by atoms with Crippen LogP contribution in [0, 0.1) is 6.92 Å². The van der Waals surface area contributed by atoms with Crippen LogP contribution < -0.4 is 5.32 Å². The van der Waals surface area contributed by atoms with Gasteiger partial charge >= 0.3 is 5.97 Å². The van der Waals surface area contributed by atoms with Crippen LogP contribution in [0.15, 0.2) is 24.3 Å². The van der Waals surface area contributed by atoms with Gasteiger partial charge in [0.1, 0.15) is 0 Å². The second kappa shape index (κ2) is 7.05. The van der Waals surface area contributed by atoms with E-state index >= 15 is 0 Å². The third kappa shape index (κ3) is 4.06. The number of carbonyl (C=O) groups is 2. The Balaban J connectivity index is 1.70. The van der Waals surface area contributed by atoms with Crippen molar-refractivity contribution in [2.45, 2.75) is 32.4 Å². The van der Waals surface area contributed by atoms with Gasteiger partial charge in [-0.3, -0.25) is 4.79 Å². The highest BCUT2D eigenvalue weighted by Gasteiger charge is 2.25. The van der Waals surface area contributed by atoms with Gasteiger partial charge in [-0.2, -0.15) is 0 Å². The SMILES string of the molecule is Cc1ccccc1CNC(=O)COC(=O)[C@@H]1CCCO1. The Hall–Kier alpha value is -1.88. The van der Waals surface area contributed by atoms with Crippen molar-refractivity contribution in [2.75, 3.05) is 13.2 Å². The molecule has 1 saturated heterocycles. The Bertz CT molecular complexity index is 481. The van der Waals surface area contributed by atoms with Gasteiger partial charge in [0.15, 0.2) is 12.7 Å². The highest BCUT2D eigenvalue weighted by atomic mass is 16.6. The predicted octanol–water partition coefficient (Wildman–Crippen LogP) is 1.33. The van der Waals surface area contributed by atoms with Crippen molar-refractivity contribution in [1.82, 2.24) is 5.32 Å². The number of nitrogens with one attached hydrogen (secondary N) is 1. The molecule has 0 unspecified atom stereocenters. The first-order valence-corrected chi connectivity index (χ1v) is 6.76. The molecular weight excluding hydrogens is 258 g/mol. The molecule has 1 aromatic carbocycles. The van der Waals surface area contributed by atoms with Crippen LogP contribution in [0.1, 0.15) is 24.0 Å². The molecule has 1 heterocycles. The van der Waals surface area contributed by atoms with Crippen LogP contribution in [0.5, 0.6) is 0 Å². The lowest BCUT2D eigenvalue weighted by atomic mass is 10.1. The van der Waals surface area contributed by atoms with Gasteiger partial charge in [-0.25, -0.2) is 4.79 Å². The zero-order valence-electron chi connectivity index (χ0n) is 11.6. The smallest absolute Gasteiger partial charge is 0.335 e. The Labute approximate surface area is 118 Å². The van der Waals surface area contributed by atoms with Crippen molar-refractivity contribution < 1.29 is 19.1 Å². The van der Waals surface area contributed by atoms with Gasteiger partial charge in [0.2, 0.25) is 0 Å². The summed E-state index contributed by atoms with van der Waals surface area (Å²) in [7, 11) is 0. The fourth-order valence-electron chi connectivity index (χ4n) is 2.05. The minimum atomic E-state index is -0.501. The summed E-state index contributed by atoms with van der Waals surface area (Å²) >= 11 is 0. The van der Waals surface area contributed by atoms with Gasteiger partial charge in [-0.05, 0) is 30.9 Å². The Morgan fingerprint density at radius 2 is 2.20 bits per heavy atom. The van der Waals surface area contributed by atoms with Crippen LogP contribution in [-0.2, 0) is 25.6 Å². The maximum absolute atomic E-state index is 11.6. The first-order valence-electron chi connectivity index (χ1n) is 6.76. The highest BCUT2D eigenvalue weighted by Crippen LogP contribution is 2.13. The molecule has 0 aromatic heterocycles. The molecule has 1 amide bonds. The fraction of sp³-hybridized carbons (Fsp3) is 0.467. The molecule has 0 spiro atoms. The standard InChI is InChI=1S/C15H19NO4/c1-11-5-2-3-6-12(11)9-16-14(17)10-20-15(18)13-7-4-8-19-13/h2-3,5-6,13H,4,7-10H2,1H3,(H,16,17)/t13-/m0/s1. The number of amides is 1. The summed E-state index contributed by atoms with van der Waals surface area (Å²) < 4.78 is 10.1. The van der Waals surface area contributed by atoms with Gasteiger partial charge in [0.25, 0.3) is 5.91 Å². The number of ether oxygens (including phenoxy) is 2. The molecule has 0 radical (unpaired) electrons. The number of hydrogen-bond acceptors (Lipinski definition) is 4. The lowest BCUT2D eigenvalue weighted by molar-refractivity contribution is -0.157. The molecule has 0 bridgehead atoms. The molecule has 108 valence electrons. The monoisotopic (exact) mass is 277 g/mol. The largest absolute Gasteiger partial charge is 0.454 e. The molecule has 1 fully saturated rings. The van der Waals surface area contributed by atoms with E-state index in [-0.39, 0.29) is 12.5 Å². The van der Waals surface area contributed by atoms with E-state index in [9.17, 15) is 9.59 Å². The minimum Gasteiger partial charge on any atom is -0.454 e. The summed E-state index contributed by atoms with van der Waals surface area (Å²) in [4.78, 5) is 23.2. The average Bonchev–Trinajstić information content (AvgIpc) is 2.98. The summed E-state index contributed by atoms with van der Waals surface area (Å²) in [6, 6.07) is 7.81. The van der Waals surface area contributed by atoms with Crippen LogP contribution in [-0.4, -0.2) is 31.2 Å². The second-order valence-electron chi connectivity index (χ2n) is 4.81.